The van der Waals surface area contributed by atoms with Gasteiger partial charge in [-0.25, -0.2) is 4.39 Å². The van der Waals surface area contributed by atoms with E-state index in [1.165, 1.54) is 12.1 Å². The van der Waals surface area contributed by atoms with Crippen LogP contribution in [0.1, 0.15) is 5.56 Å². The van der Waals surface area contributed by atoms with Crippen LogP contribution in [0, 0.1) is 5.82 Å². The van der Waals surface area contributed by atoms with Gasteiger partial charge in [0.05, 0.1) is 0 Å². The summed E-state index contributed by atoms with van der Waals surface area (Å²) in [5.41, 5.74) is 0.422. The molecule has 0 unspecified atom stereocenters. The number of hydrogen-bond acceptors (Lipinski definition) is 2. The van der Waals surface area contributed by atoms with E-state index in [1.807, 2.05) is 0 Å². The minimum absolute atomic E-state index is 0.0817. The predicted molar refractivity (Wildman–Crippen MR) is 38.9 cm³/mol. The van der Waals surface area contributed by atoms with E-state index in [1.54, 1.807) is 0 Å². The van der Waals surface area contributed by atoms with Crippen molar-refractivity contribution in [3.8, 4) is 5.75 Å². The van der Waals surface area contributed by atoms with Gasteiger partial charge in [-0.3, -0.25) is 0 Å². The van der Waals surface area contributed by atoms with Crippen molar-refractivity contribution in [2.24, 2.45) is 0 Å². The van der Waals surface area contributed by atoms with Gasteiger partial charge in [-0.1, -0.05) is 6.07 Å². The second-order valence-corrected chi connectivity index (χ2v) is 2.25. The SMILES string of the molecule is OCCc1ccc(O)cc1F. The van der Waals surface area contributed by atoms with Gasteiger partial charge in [-0.05, 0) is 18.1 Å². The van der Waals surface area contributed by atoms with Crippen LogP contribution in [0.25, 0.3) is 0 Å². The lowest BCUT2D eigenvalue weighted by Gasteiger charge is -1.99. The Kier molecular flexibility index (Phi) is 2.44. The maximum Gasteiger partial charge on any atom is 0.130 e. The number of aliphatic hydroxyl groups excluding tert-OH is 1. The number of halogens is 1. The summed E-state index contributed by atoms with van der Waals surface area (Å²) < 4.78 is 12.8. The zero-order chi connectivity index (χ0) is 8.27. The highest BCUT2D eigenvalue weighted by molar-refractivity contribution is 5.27. The molecular weight excluding hydrogens is 147 g/mol. The lowest BCUT2D eigenvalue weighted by molar-refractivity contribution is 0.297. The van der Waals surface area contributed by atoms with E-state index in [0.29, 0.717) is 5.56 Å². The van der Waals surface area contributed by atoms with Gasteiger partial charge in [-0.15, -0.1) is 0 Å². The third kappa shape index (κ3) is 1.91. The quantitative estimate of drug-likeness (QED) is 0.672. The molecule has 1 rings (SSSR count). The first-order valence-corrected chi connectivity index (χ1v) is 3.32. The van der Waals surface area contributed by atoms with Crippen LogP contribution in [-0.4, -0.2) is 16.8 Å². The van der Waals surface area contributed by atoms with Crippen LogP contribution in [0.4, 0.5) is 4.39 Å². The van der Waals surface area contributed by atoms with E-state index in [2.05, 4.69) is 0 Å². The monoisotopic (exact) mass is 156 g/mol. The first-order valence-electron chi connectivity index (χ1n) is 3.32. The van der Waals surface area contributed by atoms with Gasteiger partial charge >= 0.3 is 0 Å². The molecule has 60 valence electrons. The summed E-state index contributed by atoms with van der Waals surface area (Å²) in [6.45, 7) is -0.0817. The van der Waals surface area contributed by atoms with Gasteiger partial charge < -0.3 is 10.2 Å². The Morgan fingerprint density at radius 1 is 1.36 bits per heavy atom. The van der Waals surface area contributed by atoms with E-state index in [0.717, 1.165) is 6.07 Å². The van der Waals surface area contributed by atoms with Crippen molar-refractivity contribution in [3.05, 3.63) is 29.6 Å². The van der Waals surface area contributed by atoms with Crippen molar-refractivity contribution < 1.29 is 14.6 Å². The molecule has 0 fully saturated rings. The molecule has 0 radical (unpaired) electrons. The molecule has 0 aliphatic heterocycles. The van der Waals surface area contributed by atoms with E-state index in [4.69, 9.17) is 10.2 Å². The van der Waals surface area contributed by atoms with Crippen LogP contribution in [-0.2, 0) is 6.42 Å². The van der Waals surface area contributed by atoms with Gasteiger partial charge in [0, 0.05) is 12.7 Å². The lowest BCUT2D eigenvalue weighted by atomic mass is 10.1. The van der Waals surface area contributed by atoms with Crippen molar-refractivity contribution in [1.29, 1.82) is 0 Å². The Labute approximate surface area is 63.9 Å². The minimum atomic E-state index is -0.473. The van der Waals surface area contributed by atoms with Crippen LogP contribution in [0.2, 0.25) is 0 Å². The molecule has 1 aromatic rings. The van der Waals surface area contributed by atoms with Crippen LogP contribution >= 0.6 is 0 Å². The summed E-state index contributed by atoms with van der Waals surface area (Å²) in [5, 5.41) is 17.3. The molecule has 1 aromatic carbocycles. The first-order chi connectivity index (χ1) is 5.24. The molecule has 0 saturated heterocycles. The number of benzene rings is 1. The number of hydrogen-bond donors (Lipinski definition) is 2. The molecule has 0 bridgehead atoms. The van der Waals surface area contributed by atoms with E-state index >= 15 is 0 Å². The van der Waals surface area contributed by atoms with Gasteiger partial charge in [0.25, 0.3) is 0 Å². The molecule has 0 heterocycles. The number of aromatic hydroxyl groups is 1. The Morgan fingerprint density at radius 2 is 2.09 bits per heavy atom. The molecule has 0 saturated carbocycles. The topological polar surface area (TPSA) is 40.5 Å². The van der Waals surface area contributed by atoms with E-state index < -0.39 is 5.82 Å². The highest BCUT2D eigenvalue weighted by Crippen LogP contribution is 2.14. The standard InChI is InChI=1S/C8H9FO2/c9-8-5-7(11)2-1-6(8)3-4-10/h1-2,5,10-11H,3-4H2. The second-order valence-electron chi connectivity index (χ2n) is 2.25. The summed E-state index contributed by atoms with van der Waals surface area (Å²) in [6, 6.07) is 3.89. The van der Waals surface area contributed by atoms with Crippen molar-refractivity contribution in [3.63, 3.8) is 0 Å². The molecule has 0 amide bonds. The predicted octanol–water partition coefficient (Wildman–Crippen LogP) is 1.07. The van der Waals surface area contributed by atoms with Gasteiger partial charge in [0.1, 0.15) is 11.6 Å². The van der Waals surface area contributed by atoms with E-state index in [9.17, 15) is 4.39 Å². The van der Waals surface area contributed by atoms with Crippen LogP contribution < -0.4 is 0 Å². The maximum absolute atomic E-state index is 12.8. The molecule has 3 heteroatoms. The smallest absolute Gasteiger partial charge is 0.130 e. The highest BCUT2D eigenvalue weighted by Gasteiger charge is 2.00. The average Bonchev–Trinajstić information content (AvgIpc) is 1.95. The number of rotatable bonds is 2. The third-order valence-corrected chi connectivity index (χ3v) is 1.42. The van der Waals surface area contributed by atoms with Crippen LogP contribution in [0.3, 0.4) is 0 Å². The zero-order valence-electron chi connectivity index (χ0n) is 5.92. The molecule has 2 N–H and O–H groups in total. The van der Waals surface area contributed by atoms with Crippen LogP contribution in [0.5, 0.6) is 5.75 Å². The van der Waals surface area contributed by atoms with Crippen molar-refractivity contribution in [1.82, 2.24) is 0 Å². The molecular formula is C8H9FO2. The number of phenolic OH excluding ortho intramolecular Hbond substituents is 1. The molecule has 11 heavy (non-hydrogen) atoms. The minimum Gasteiger partial charge on any atom is -0.508 e. The molecule has 0 atom stereocenters. The van der Waals surface area contributed by atoms with Crippen molar-refractivity contribution in [2.75, 3.05) is 6.61 Å². The highest BCUT2D eigenvalue weighted by atomic mass is 19.1. The second kappa shape index (κ2) is 3.34. The zero-order valence-corrected chi connectivity index (χ0v) is 5.92. The molecule has 0 aliphatic carbocycles. The Balaban J connectivity index is 2.90. The largest absolute Gasteiger partial charge is 0.508 e. The third-order valence-electron chi connectivity index (χ3n) is 1.42. The summed E-state index contributed by atoms with van der Waals surface area (Å²) in [6.07, 6.45) is 0.284. The van der Waals surface area contributed by atoms with Gasteiger partial charge in [0.2, 0.25) is 0 Å². The Hall–Kier alpha value is -1.09. The summed E-state index contributed by atoms with van der Waals surface area (Å²) in [4.78, 5) is 0. The Bertz CT molecular complexity index is 248. The molecule has 0 aliphatic rings. The molecule has 2 nitrogen and oxygen atoms in total. The molecule has 0 spiro atoms. The maximum atomic E-state index is 12.8. The Morgan fingerprint density at radius 3 is 2.64 bits per heavy atom. The summed E-state index contributed by atoms with van der Waals surface area (Å²) in [5.74, 6) is -0.566. The fraction of sp³-hybridized carbons (Fsp3) is 0.250. The average molecular weight is 156 g/mol. The fourth-order valence-corrected chi connectivity index (χ4v) is 0.859. The van der Waals surface area contributed by atoms with Gasteiger partial charge in [0.15, 0.2) is 0 Å². The fourth-order valence-electron chi connectivity index (χ4n) is 0.859. The van der Waals surface area contributed by atoms with Gasteiger partial charge in [-0.2, -0.15) is 0 Å². The number of aliphatic hydroxyl groups is 1. The summed E-state index contributed by atoms with van der Waals surface area (Å²) >= 11 is 0. The van der Waals surface area contributed by atoms with Crippen LogP contribution in [0.15, 0.2) is 18.2 Å². The number of phenols is 1. The first kappa shape index (κ1) is 8.01. The summed E-state index contributed by atoms with van der Waals surface area (Å²) in [7, 11) is 0. The van der Waals surface area contributed by atoms with Crippen molar-refractivity contribution >= 4 is 0 Å². The lowest BCUT2D eigenvalue weighted by Crippen LogP contribution is -1.93. The van der Waals surface area contributed by atoms with E-state index in [-0.39, 0.29) is 18.8 Å². The normalized spacial score (nSPS) is 10.0. The molecule has 0 aromatic heterocycles. The van der Waals surface area contributed by atoms with Crippen molar-refractivity contribution in [2.45, 2.75) is 6.42 Å².